The summed E-state index contributed by atoms with van der Waals surface area (Å²) < 4.78 is 5.24. The summed E-state index contributed by atoms with van der Waals surface area (Å²) >= 11 is 0. The first-order chi connectivity index (χ1) is 14.2. The second kappa shape index (κ2) is 8.79. The van der Waals surface area contributed by atoms with Crippen molar-refractivity contribution in [1.82, 2.24) is 15.2 Å². The molecule has 1 aliphatic rings. The van der Waals surface area contributed by atoms with E-state index in [1.54, 1.807) is 30.7 Å². The van der Waals surface area contributed by atoms with Crippen molar-refractivity contribution in [2.75, 3.05) is 43.4 Å². The number of nitrogens with one attached hydrogen (secondary N) is 2. The smallest absolute Gasteiger partial charge is 0.251 e. The lowest BCUT2D eigenvalue weighted by atomic mass is 10.2. The Labute approximate surface area is 170 Å². The lowest BCUT2D eigenvalue weighted by Gasteiger charge is -2.34. The van der Waals surface area contributed by atoms with Crippen molar-refractivity contribution >= 4 is 23.1 Å². The zero-order valence-electron chi connectivity index (χ0n) is 16.5. The Bertz CT molecular complexity index is 932. The first-order valence-corrected chi connectivity index (χ1v) is 9.74. The monoisotopic (exact) mass is 391 g/mol. The normalized spacial score (nSPS) is 14.6. The van der Waals surface area contributed by atoms with Crippen molar-refractivity contribution in [3.63, 3.8) is 0 Å². The fourth-order valence-corrected chi connectivity index (χ4v) is 3.29. The lowest BCUT2D eigenvalue weighted by Crippen LogP contribution is -2.44. The predicted molar refractivity (Wildman–Crippen MR) is 114 cm³/mol. The molecule has 0 atom stereocenters. The topological polar surface area (TPSA) is 73.6 Å². The van der Waals surface area contributed by atoms with E-state index in [2.05, 4.69) is 44.6 Å². The number of benzene rings is 1. The predicted octanol–water partition coefficient (Wildman–Crippen LogP) is 3.10. The van der Waals surface area contributed by atoms with E-state index < -0.39 is 0 Å². The maximum atomic E-state index is 12.4. The van der Waals surface area contributed by atoms with Crippen LogP contribution in [0.2, 0.25) is 0 Å². The van der Waals surface area contributed by atoms with Crippen LogP contribution in [-0.4, -0.2) is 49.0 Å². The summed E-state index contributed by atoms with van der Waals surface area (Å²) in [5, 5.41) is 6.11. The molecule has 2 aromatic heterocycles. The van der Waals surface area contributed by atoms with Crippen molar-refractivity contribution in [2.45, 2.75) is 6.54 Å². The Kier molecular flexibility index (Phi) is 5.76. The van der Waals surface area contributed by atoms with Gasteiger partial charge >= 0.3 is 0 Å². The summed E-state index contributed by atoms with van der Waals surface area (Å²) in [6.45, 7) is 4.60. The molecule has 1 fully saturated rings. The molecular weight excluding hydrogens is 366 g/mol. The summed E-state index contributed by atoms with van der Waals surface area (Å²) in [6.07, 6.45) is 3.22. The Balaban J connectivity index is 1.36. The maximum Gasteiger partial charge on any atom is 0.251 e. The van der Waals surface area contributed by atoms with E-state index in [1.165, 1.54) is 5.69 Å². The van der Waals surface area contributed by atoms with Crippen molar-refractivity contribution in [3.05, 3.63) is 72.3 Å². The largest absolute Gasteiger partial charge is 0.467 e. The highest BCUT2D eigenvalue weighted by molar-refractivity contribution is 5.94. The van der Waals surface area contributed by atoms with Gasteiger partial charge in [0.25, 0.3) is 5.91 Å². The summed E-state index contributed by atoms with van der Waals surface area (Å²) in [6, 6.07) is 15.4. The van der Waals surface area contributed by atoms with Crippen LogP contribution in [0.1, 0.15) is 16.1 Å². The summed E-state index contributed by atoms with van der Waals surface area (Å²) in [5.74, 6) is 1.17. The number of anilines is 3. The van der Waals surface area contributed by atoms with Crippen LogP contribution in [0.3, 0.4) is 0 Å². The van der Waals surface area contributed by atoms with Gasteiger partial charge in [0, 0.05) is 49.3 Å². The molecule has 2 N–H and O–H groups in total. The van der Waals surface area contributed by atoms with Gasteiger partial charge in [0.05, 0.1) is 12.8 Å². The molecule has 0 spiro atoms. The average molecular weight is 391 g/mol. The Morgan fingerprint density at radius 2 is 1.90 bits per heavy atom. The minimum absolute atomic E-state index is 0.169. The van der Waals surface area contributed by atoms with Crippen molar-refractivity contribution in [3.8, 4) is 0 Å². The Morgan fingerprint density at radius 3 is 2.62 bits per heavy atom. The van der Waals surface area contributed by atoms with Gasteiger partial charge in [-0.05, 0) is 55.6 Å². The molecule has 0 aliphatic carbocycles. The van der Waals surface area contributed by atoms with Crippen LogP contribution in [0, 0.1) is 0 Å². The molecule has 3 heterocycles. The first kappa shape index (κ1) is 19.0. The van der Waals surface area contributed by atoms with Crippen LogP contribution in [0.15, 0.2) is 65.4 Å². The summed E-state index contributed by atoms with van der Waals surface area (Å²) in [4.78, 5) is 21.4. The van der Waals surface area contributed by atoms with Crippen molar-refractivity contribution in [1.29, 1.82) is 0 Å². The number of nitrogens with zero attached hydrogens (tertiary/aromatic N) is 3. The number of carbonyl (C=O) groups is 1. The molecule has 0 radical (unpaired) electrons. The Morgan fingerprint density at radius 1 is 1.10 bits per heavy atom. The fourth-order valence-electron chi connectivity index (χ4n) is 3.29. The number of amides is 1. The quantitative estimate of drug-likeness (QED) is 0.673. The molecule has 3 aromatic rings. The molecule has 1 aromatic carbocycles. The number of aromatic nitrogens is 1. The van der Waals surface area contributed by atoms with E-state index in [1.807, 2.05) is 18.2 Å². The number of pyridine rings is 1. The summed E-state index contributed by atoms with van der Waals surface area (Å²) in [5.41, 5.74) is 2.70. The first-order valence-electron chi connectivity index (χ1n) is 9.74. The molecule has 1 saturated heterocycles. The van der Waals surface area contributed by atoms with Gasteiger partial charge in [-0.25, -0.2) is 4.98 Å². The average Bonchev–Trinajstić information content (AvgIpc) is 3.27. The van der Waals surface area contributed by atoms with Gasteiger partial charge in [0.15, 0.2) is 0 Å². The molecule has 29 heavy (non-hydrogen) atoms. The van der Waals surface area contributed by atoms with E-state index in [-0.39, 0.29) is 5.91 Å². The highest BCUT2D eigenvalue weighted by Gasteiger charge is 2.14. The van der Waals surface area contributed by atoms with Crippen LogP contribution >= 0.6 is 0 Å². The van der Waals surface area contributed by atoms with E-state index in [4.69, 9.17) is 4.42 Å². The third kappa shape index (κ3) is 4.94. The molecule has 0 unspecified atom stereocenters. The van der Waals surface area contributed by atoms with Gasteiger partial charge in [-0.15, -0.1) is 0 Å². The third-order valence-electron chi connectivity index (χ3n) is 5.03. The number of hydrogen-bond donors (Lipinski definition) is 2. The van der Waals surface area contributed by atoms with Gasteiger partial charge in [-0.3, -0.25) is 4.79 Å². The number of likely N-dealkylation sites (N-methyl/N-ethyl adjacent to an activating group) is 1. The molecule has 0 saturated carbocycles. The van der Waals surface area contributed by atoms with E-state index in [9.17, 15) is 4.79 Å². The van der Waals surface area contributed by atoms with E-state index >= 15 is 0 Å². The zero-order valence-corrected chi connectivity index (χ0v) is 16.5. The number of carbonyl (C=O) groups excluding carboxylic acids is 1. The second-order valence-corrected chi connectivity index (χ2v) is 7.15. The molecule has 150 valence electrons. The number of hydrogen-bond acceptors (Lipinski definition) is 6. The van der Waals surface area contributed by atoms with Crippen LogP contribution in [0.25, 0.3) is 0 Å². The molecule has 1 aliphatic heterocycles. The minimum Gasteiger partial charge on any atom is -0.467 e. The zero-order chi connectivity index (χ0) is 20.1. The standard InChI is InChI=1S/C22H25N5O2/c1-26-10-12-27(13-11-26)19-6-4-18(5-7-19)25-21-15-17(8-9-23-21)22(28)24-16-20-3-2-14-29-20/h2-9,14-15H,10-13,16H2,1H3,(H,23,25)(H,24,28). The van der Waals surface area contributed by atoms with Gasteiger partial charge in [-0.2, -0.15) is 0 Å². The third-order valence-corrected chi connectivity index (χ3v) is 5.03. The van der Waals surface area contributed by atoms with Crippen LogP contribution in [0.4, 0.5) is 17.2 Å². The van der Waals surface area contributed by atoms with Crippen LogP contribution in [-0.2, 0) is 6.54 Å². The van der Waals surface area contributed by atoms with Gasteiger partial charge in [0.1, 0.15) is 11.6 Å². The van der Waals surface area contributed by atoms with Crippen molar-refractivity contribution < 1.29 is 9.21 Å². The summed E-state index contributed by atoms with van der Waals surface area (Å²) in [7, 11) is 2.16. The lowest BCUT2D eigenvalue weighted by molar-refractivity contribution is 0.0948. The molecule has 7 heteroatoms. The molecule has 1 amide bonds. The Hall–Kier alpha value is -3.32. The molecule has 7 nitrogen and oxygen atoms in total. The van der Waals surface area contributed by atoms with Gasteiger partial charge in [0.2, 0.25) is 0 Å². The van der Waals surface area contributed by atoms with Crippen molar-refractivity contribution in [2.24, 2.45) is 0 Å². The minimum atomic E-state index is -0.169. The van der Waals surface area contributed by atoms with Crippen LogP contribution in [0.5, 0.6) is 0 Å². The molecule has 0 bridgehead atoms. The molecular formula is C22H25N5O2. The van der Waals surface area contributed by atoms with Gasteiger partial charge < -0.3 is 24.9 Å². The fraction of sp³-hybridized carbons (Fsp3) is 0.273. The number of rotatable bonds is 6. The van der Waals surface area contributed by atoms with Crippen LogP contribution < -0.4 is 15.5 Å². The second-order valence-electron chi connectivity index (χ2n) is 7.15. The van der Waals surface area contributed by atoms with E-state index in [0.29, 0.717) is 23.7 Å². The highest BCUT2D eigenvalue weighted by atomic mass is 16.3. The number of furan rings is 1. The SMILES string of the molecule is CN1CCN(c2ccc(Nc3cc(C(=O)NCc4ccco4)ccn3)cc2)CC1. The maximum absolute atomic E-state index is 12.4. The van der Waals surface area contributed by atoms with E-state index in [0.717, 1.165) is 31.9 Å². The van der Waals surface area contributed by atoms with Gasteiger partial charge in [-0.1, -0.05) is 0 Å². The number of piperazine rings is 1. The molecule has 4 rings (SSSR count). The highest BCUT2D eigenvalue weighted by Crippen LogP contribution is 2.21.